The number of anilines is 1. The molecule has 3 N–H and O–H groups in total. The van der Waals surface area contributed by atoms with Gasteiger partial charge in [0.2, 0.25) is 0 Å². The first kappa shape index (κ1) is 17.4. The predicted molar refractivity (Wildman–Crippen MR) is 77.9 cm³/mol. The molecule has 0 heterocycles. The summed E-state index contributed by atoms with van der Waals surface area (Å²) in [5.41, 5.74) is 4.46. The quantitative estimate of drug-likeness (QED) is 0.573. The van der Waals surface area contributed by atoms with Gasteiger partial charge in [-0.25, -0.2) is 8.78 Å². The third-order valence-electron chi connectivity index (χ3n) is 3.27. The van der Waals surface area contributed by atoms with E-state index in [9.17, 15) is 13.6 Å². The lowest BCUT2D eigenvalue weighted by Crippen LogP contribution is -2.35. The lowest BCUT2D eigenvalue weighted by molar-refractivity contribution is 0.0708. The van der Waals surface area contributed by atoms with Crippen molar-refractivity contribution in [1.82, 2.24) is 4.90 Å². The van der Waals surface area contributed by atoms with Crippen molar-refractivity contribution in [3.63, 3.8) is 0 Å². The first-order valence-corrected chi connectivity index (χ1v) is 7.16. The molecule has 0 unspecified atom stereocenters. The summed E-state index contributed by atoms with van der Waals surface area (Å²) in [6, 6.07) is 2.05. The zero-order valence-electron chi connectivity index (χ0n) is 12.2. The second-order valence-corrected chi connectivity index (χ2v) is 4.90. The first-order valence-electron chi connectivity index (χ1n) is 7.16. The highest BCUT2D eigenvalue weighted by molar-refractivity contribution is 5.95. The van der Waals surface area contributed by atoms with Gasteiger partial charge in [0.1, 0.15) is 11.4 Å². The van der Waals surface area contributed by atoms with Crippen LogP contribution in [0.15, 0.2) is 12.1 Å². The molecule has 21 heavy (non-hydrogen) atoms. The van der Waals surface area contributed by atoms with E-state index in [2.05, 4.69) is 6.92 Å². The normalized spacial score (nSPS) is 10.7. The SMILES string of the molecule is CCCCCCN(CCO)C(=O)c1c(F)ccc(N)c1F. The van der Waals surface area contributed by atoms with Crippen molar-refractivity contribution in [2.75, 3.05) is 25.4 Å². The summed E-state index contributed by atoms with van der Waals surface area (Å²) in [5.74, 6) is -2.76. The second kappa shape index (κ2) is 8.56. The summed E-state index contributed by atoms with van der Waals surface area (Å²) in [6.45, 7) is 2.20. The Kier molecular flexibility index (Phi) is 7.08. The molecule has 0 fully saturated rings. The van der Waals surface area contributed by atoms with E-state index in [1.165, 1.54) is 4.90 Å². The van der Waals surface area contributed by atoms with Gasteiger partial charge in [-0.1, -0.05) is 26.2 Å². The van der Waals surface area contributed by atoms with Crippen LogP contribution < -0.4 is 5.73 Å². The maximum Gasteiger partial charge on any atom is 0.259 e. The molecule has 0 spiro atoms. The average Bonchev–Trinajstić information content (AvgIpc) is 2.46. The van der Waals surface area contributed by atoms with Crippen LogP contribution in [0, 0.1) is 11.6 Å². The van der Waals surface area contributed by atoms with E-state index in [-0.39, 0.29) is 18.8 Å². The van der Waals surface area contributed by atoms with Gasteiger partial charge in [-0.2, -0.15) is 0 Å². The Morgan fingerprint density at radius 2 is 1.95 bits per heavy atom. The monoisotopic (exact) mass is 300 g/mol. The van der Waals surface area contributed by atoms with E-state index in [4.69, 9.17) is 10.8 Å². The van der Waals surface area contributed by atoms with Crippen LogP contribution in [0.5, 0.6) is 0 Å². The molecule has 0 aromatic heterocycles. The van der Waals surface area contributed by atoms with Gasteiger partial charge in [0.25, 0.3) is 5.91 Å². The summed E-state index contributed by atoms with van der Waals surface area (Å²) in [7, 11) is 0. The fourth-order valence-electron chi connectivity index (χ4n) is 2.09. The molecule has 118 valence electrons. The average molecular weight is 300 g/mol. The summed E-state index contributed by atoms with van der Waals surface area (Å²) < 4.78 is 27.6. The molecule has 0 saturated heterocycles. The Hall–Kier alpha value is -1.69. The van der Waals surface area contributed by atoms with Crippen LogP contribution in [0.1, 0.15) is 43.0 Å². The lowest BCUT2D eigenvalue weighted by atomic mass is 10.1. The number of rotatable bonds is 8. The number of aliphatic hydroxyl groups excluding tert-OH is 1. The number of carbonyl (C=O) groups is 1. The topological polar surface area (TPSA) is 66.6 Å². The number of hydrogen-bond acceptors (Lipinski definition) is 3. The van der Waals surface area contributed by atoms with Gasteiger partial charge in [0.05, 0.1) is 12.3 Å². The molecular formula is C15H22F2N2O2. The van der Waals surface area contributed by atoms with Crippen LogP contribution in [0.2, 0.25) is 0 Å². The van der Waals surface area contributed by atoms with Crippen molar-refractivity contribution in [2.24, 2.45) is 0 Å². The van der Waals surface area contributed by atoms with Crippen molar-refractivity contribution < 1.29 is 18.7 Å². The molecule has 1 aromatic rings. The third kappa shape index (κ3) is 4.67. The van der Waals surface area contributed by atoms with Gasteiger partial charge in [-0.15, -0.1) is 0 Å². The highest BCUT2D eigenvalue weighted by Gasteiger charge is 2.24. The molecule has 0 atom stereocenters. The molecule has 0 aliphatic carbocycles. The van der Waals surface area contributed by atoms with Gasteiger partial charge in [-0.3, -0.25) is 4.79 Å². The number of nitrogens with zero attached hydrogens (tertiary/aromatic N) is 1. The highest BCUT2D eigenvalue weighted by atomic mass is 19.1. The second-order valence-electron chi connectivity index (χ2n) is 4.90. The molecule has 1 rings (SSSR count). The third-order valence-corrected chi connectivity index (χ3v) is 3.27. The van der Waals surface area contributed by atoms with E-state index in [0.29, 0.717) is 6.54 Å². The van der Waals surface area contributed by atoms with E-state index in [1.807, 2.05) is 0 Å². The molecule has 4 nitrogen and oxygen atoms in total. The standard InChI is InChI=1S/C15H22F2N2O2/c1-2-3-4-5-8-19(9-10-20)15(21)13-11(16)6-7-12(18)14(13)17/h6-7,20H,2-5,8-10,18H2,1H3. The van der Waals surface area contributed by atoms with Crippen LogP contribution in [0.4, 0.5) is 14.5 Å². The molecule has 0 radical (unpaired) electrons. The number of halogens is 2. The maximum absolute atomic E-state index is 13.9. The predicted octanol–water partition coefficient (Wildman–Crippen LogP) is 2.56. The maximum atomic E-state index is 13.9. The van der Waals surface area contributed by atoms with Crippen molar-refractivity contribution in [2.45, 2.75) is 32.6 Å². The summed E-state index contributed by atoms with van der Waals surface area (Å²) in [4.78, 5) is 13.5. The van der Waals surface area contributed by atoms with E-state index < -0.39 is 23.1 Å². The molecule has 1 amide bonds. The van der Waals surface area contributed by atoms with E-state index in [1.54, 1.807) is 0 Å². The summed E-state index contributed by atoms with van der Waals surface area (Å²) in [5, 5.41) is 9.02. The Morgan fingerprint density at radius 3 is 2.57 bits per heavy atom. The smallest absolute Gasteiger partial charge is 0.259 e. The van der Waals surface area contributed by atoms with Gasteiger partial charge >= 0.3 is 0 Å². The minimum Gasteiger partial charge on any atom is -0.396 e. The fraction of sp³-hybridized carbons (Fsp3) is 0.533. The Balaban J connectivity index is 2.88. The molecule has 0 aliphatic heterocycles. The van der Waals surface area contributed by atoms with Crippen LogP contribution >= 0.6 is 0 Å². The van der Waals surface area contributed by atoms with E-state index in [0.717, 1.165) is 37.8 Å². The molecule has 0 aliphatic rings. The number of benzene rings is 1. The number of unbranched alkanes of at least 4 members (excludes halogenated alkanes) is 3. The largest absolute Gasteiger partial charge is 0.396 e. The van der Waals surface area contributed by atoms with Crippen molar-refractivity contribution in [1.29, 1.82) is 0 Å². The van der Waals surface area contributed by atoms with Crippen LogP contribution in [0.3, 0.4) is 0 Å². The Bertz CT molecular complexity index is 481. The van der Waals surface area contributed by atoms with Gasteiger partial charge in [0.15, 0.2) is 5.82 Å². The number of nitrogens with two attached hydrogens (primary N) is 1. The van der Waals surface area contributed by atoms with Crippen molar-refractivity contribution >= 4 is 11.6 Å². The summed E-state index contributed by atoms with van der Waals surface area (Å²) in [6.07, 6.45) is 3.73. The minimum atomic E-state index is -1.04. The lowest BCUT2D eigenvalue weighted by Gasteiger charge is -2.22. The van der Waals surface area contributed by atoms with Gasteiger partial charge in [0, 0.05) is 13.1 Å². The minimum absolute atomic E-state index is 0.0403. The Morgan fingerprint density at radius 1 is 1.24 bits per heavy atom. The molecule has 6 heteroatoms. The van der Waals surface area contributed by atoms with Gasteiger partial charge < -0.3 is 15.7 Å². The number of nitrogen functional groups attached to an aromatic ring is 1. The molecular weight excluding hydrogens is 278 g/mol. The van der Waals surface area contributed by atoms with Gasteiger partial charge in [-0.05, 0) is 18.6 Å². The molecule has 0 bridgehead atoms. The van der Waals surface area contributed by atoms with Crippen LogP contribution in [-0.4, -0.2) is 35.6 Å². The first-order chi connectivity index (χ1) is 10.0. The number of aliphatic hydroxyl groups is 1. The zero-order valence-corrected chi connectivity index (χ0v) is 12.2. The Labute approximate surface area is 123 Å². The van der Waals surface area contributed by atoms with E-state index >= 15 is 0 Å². The number of hydrogen-bond donors (Lipinski definition) is 2. The number of carbonyl (C=O) groups excluding carboxylic acids is 1. The molecule has 1 aromatic carbocycles. The zero-order chi connectivity index (χ0) is 15.8. The molecule has 0 saturated carbocycles. The van der Waals surface area contributed by atoms with Crippen molar-refractivity contribution in [3.8, 4) is 0 Å². The van der Waals surface area contributed by atoms with Crippen molar-refractivity contribution in [3.05, 3.63) is 29.3 Å². The van der Waals surface area contributed by atoms with Crippen LogP contribution in [0.25, 0.3) is 0 Å². The highest BCUT2D eigenvalue weighted by Crippen LogP contribution is 2.20. The fourth-order valence-corrected chi connectivity index (χ4v) is 2.09. The number of amides is 1. The summed E-state index contributed by atoms with van der Waals surface area (Å²) >= 11 is 0. The van der Waals surface area contributed by atoms with Crippen LogP contribution in [-0.2, 0) is 0 Å².